The van der Waals surface area contributed by atoms with E-state index < -0.39 is 0 Å². The molecule has 0 spiro atoms. The molecule has 0 saturated carbocycles. The summed E-state index contributed by atoms with van der Waals surface area (Å²) < 4.78 is 1.71. The van der Waals surface area contributed by atoms with Crippen LogP contribution in [0.3, 0.4) is 0 Å². The molecule has 0 unspecified atom stereocenters. The smallest absolute Gasteiger partial charge is 0.256 e. The number of piperidine rings is 1. The molecule has 28 heavy (non-hydrogen) atoms. The minimum Gasteiger partial charge on any atom is -0.348 e. The molecule has 0 aliphatic carbocycles. The minimum atomic E-state index is -0.244. The van der Waals surface area contributed by atoms with Crippen molar-refractivity contribution in [2.45, 2.75) is 32.2 Å². The van der Waals surface area contributed by atoms with Gasteiger partial charge in [-0.25, -0.2) is 4.52 Å². The number of fused-ring (bicyclic) bond motifs is 1. The molecule has 1 aromatic carbocycles. The van der Waals surface area contributed by atoms with E-state index >= 15 is 0 Å². The van der Waals surface area contributed by atoms with Gasteiger partial charge in [0.05, 0.1) is 11.9 Å². The fraction of sp³-hybridized carbons (Fsp3) is 0.350. The van der Waals surface area contributed by atoms with E-state index in [4.69, 9.17) is 0 Å². The van der Waals surface area contributed by atoms with Crippen LogP contribution in [0.2, 0.25) is 0 Å². The number of amides is 1. The van der Waals surface area contributed by atoms with Crippen molar-refractivity contribution < 1.29 is 4.79 Å². The van der Waals surface area contributed by atoms with E-state index in [-0.39, 0.29) is 29.8 Å². The number of rotatable bonds is 4. The fourth-order valence-corrected chi connectivity index (χ4v) is 3.67. The SMILES string of the molecule is Cc1ccccc1CNC(=O)c1cnn2c(C3CCNCC3)cc(=O)[nH]c12.Cl. The van der Waals surface area contributed by atoms with Gasteiger partial charge in [0.25, 0.3) is 11.5 Å². The molecule has 3 aromatic rings. The van der Waals surface area contributed by atoms with Crippen LogP contribution in [0.1, 0.15) is 45.9 Å². The van der Waals surface area contributed by atoms with Gasteiger partial charge in [-0.2, -0.15) is 5.10 Å². The zero-order valence-electron chi connectivity index (χ0n) is 15.7. The van der Waals surface area contributed by atoms with Crippen LogP contribution in [-0.2, 0) is 6.54 Å². The summed E-state index contributed by atoms with van der Waals surface area (Å²) >= 11 is 0. The van der Waals surface area contributed by atoms with Gasteiger partial charge in [0.1, 0.15) is 11.2 Å². The molecule has 1 aliphatic heterocycles. The summed E-state index contributed by atoms with van der Waals surface area (Å²) in [6, 6.07) is 9.53. The van der Waals surface area contributed by atoms with Crippen molar-refractivity contribution in [3.63, 3.8) is 0 Å². The van der Waals surface area contributed by atoms with Crippen molar-refractivity contribution in [3.05, 3.63) is 69.3 Å². The molecule has 1 saturated heterocycles. The van der Waals surface area contributed by atoms with Gasteiger partial charge in [-0.05, 0) is 44.0 Å². The molecule has 0 radical (unpaired) electrons. The molecule has 1 fully saturated rings. The van der Waals surface area contributed by atoms with Crippen LogP contribution in [-0.4, -0.2) is 33.6 Å². The van der Waals surface area contributed by atoms with Gasteiger partial charge < -0.3 is 15.6 Å². The Kier molecular flexibility index (Phi) is 6.16. The standard InChI is InChI=1S/C20H23N5O2.ClH/c1-13-4-2-3-5-15(13)11-22-20(27)16-12-23-25-17(10-18(26)24-19(16)25)14-6-8-21-9-7-14;/h2-5,10,12,14,21H,6-9,11H2,1H3,(H,22,27)(H,24,26);1H. The van der Waals surface area contributed by atoms with E-state index in [1.54, 1.807) is 10.6 Å². The molecule has 1 aliphatic rings. The number of H-pyrrole nitrogens is 1. The Morgan fingerprint density at radius 1 is 1.29 bits per heavy atom. The molecular formula is C20H24ClN5O2. The number of aromatic amines is 1. The molecule has 0 atom stereocenters. The molecule has 148 valence electrons. The Morgan fingerprint density at radius 2 is 2.04 bits per heavy atom. The number of carbonyl (C=O) groups is 1. The number of aromatic nitrogens is 3. The molecule has 0 bridgehead atoms. The number of hydrogen-bond acceptors (Lipinski definition) is 4. The summed E-state index contributed by atoms with van der Waals surface area (Å²) in [5.74, 6) is 0.0187. The zero-order chi connectivity index (χ0) is 18.8. The fourth-order valence-electron chi connectivity index (χ4n) is 3.67. The first-order valence-electron chi connectivity index (χ1n) is 9.28. The van der Waals surface area contributed by atoms with Crippen LogP contribution in [0.5, 0.6) is 0 Å². The highest BCUT2D eigenvalue weighted by atomic mass is 35.5. The highest BCUT2D eigenvalue weighted by Gasteiger charge is 2.22. The van der Waals surface area contributed by atoms with Crippen LogP contribution in [0.4, 0.5) is 0 Å². The van der Waals surface area contributed by atoms with Crippen molar-refractivity contribution in [2.24, 2.45) is 0 Å². The van der Waals surface area contributed by atoms with Crippen molar-refractivity contribution in [3.8, 4) is 0 Å². The number of nitrogens with one attached hydrogen (secondary N) is 3. The lowest BCUT2D eigenvalue weighted by Gasteiger charge is -2.23. The van der Waals surface area contributed by atoms with Crippen LogP contribution in [0, 0.1) is 6.92 Å². The maximum absolute atomic E-state index is 12.7. The van der Waals surface area contributed by atoms with E-state index in [0.717, 1.165) is 42.8 Å². The maximum atomic E-state index is 12.7. The Bertz CT molecular complexity index is 1040. The highest BCUT2D eigenvalue weighted by molar-refractivity contribution is 5.99. The van der Waals surface area contributed by atoms with E-state index in [1.807, 2.05) is 31.2 Å². The summed E-state index contributed by atoms with van der Waals surface area (Å²) in [5.41, 5.74) is 3.69. The van der Waals surface area contributed by atoms with Gasteiger partial charge in [-0.1, -0.05) is 24.3 Å². The van der Waals surface area contributed by atoms with Gasteiger partial charge in [0.15, 0.2) is 0 Å². The minimum absolute atomic E-state index is 0. The van der Waals surface area contributed by atoms with Crippen molar-refractivity contribution >= 4 is 24.0 Å². The van der Waals surface area contributed by atoms with E-state index in [0.29, 0.717) is 17.8 Å². The van der Waals surface area contributed by atoms with Gasteiger partial charge in [-0.3, -0.25) is 9.59 Å². The molecule has 7 nitrogen and oxygen atoms in total. The molecular weight excluding hydrogens is 378 g/mol. The van der Waals surface area contributed by atoms with Crippen LogP contribution in [0.15, 0.2) is 41.3 Å². The highest BCUT2D eigenvalue weighted by Crippen LogP contribution is 2.24. The van der Waals surface area contributed by atoms with E-state index in [1.165, 1.54) is 6.20 Å². The monoisotopic (exact) mass is 401 g/mol. The number of benzene rings is 1. The molecule has 8 heteroatoms. The van der Waals surface area contributed by atoms with Crippen molar-refractivity contribution in [1.82, 2.24) is 25.2 Å². The summed E-state index contributed by atoms with van der Waals surface area (Å²) in [6.45, 7) is 4.29. The van der Waals surface area contributed by atoms with Gasteiger partial charge in [-0.15, -0.1) is 12.4 Å². The predicted molar refractivity (Wildman–Crippen MR) is 110 cm³/mol. The Labute approximate surface area is 169 Å². The second-order valence-corrected chi connectivity index (χ2v) is 7.01. The maximum Gasteiger partial charge on any atom is 0.256 e. The summed E-state index contributed by atoms with van der Waals surface area (Å²) in [4.78, 5) is 27.7. The van der Waals surface area contributed by atoms with E-state index in [9.17, 15) is 9.59 Å². The number of aryl methyl sites for hydroxylation is 1. The largest absolute Gasteiger partial charge is 0.348 e. The van der Waals surface area contributed by atoms with Crippen LogP contribution in [0.25, 0.3) is 5.65 Å². The first-order chi connectivity index (χ1) is 13.1. The molecule has 3 heterocycles. The first kappa shape index (κ1) is 20.1. The third-order valence-electron chi connectivity index (χ3n) is 5.24. The topological polar surface area (TPSA) is 91.3 Å². The lowest BCUT2D eigenvalue weighted by atomic mass is 9.94. The molecule has 4 rings (SSSR count). The van der Waals surface area contributed by atoms with Crippen molar-refractivity contribution in [2.75, 3.05) is 13.1 Å². The third-order valence-corrected chi connectivity index (χ3v) is 5.24. The van der Waals surface area contributed by atoms with Gasteiger partial charge in [0, 0.05) is 18.5 Å². The quantitative estimate of drug-likeness (QED) is 0.624. The van der Waals surface area contributed by atoms with Crippen molar-refractivity contribution in [1.29, 1.82) is 0 Å². The van der Waals surface area contributed by atoms with Crippen LogP contribution < -0.4 is 16.2 Å². The third kappa shape index (κ3) is 3.95. The number of nitrogens with zero attached hydrogens (tertiary/aromatic N) is 2. The summed E-state index contributed by atoms with van der Waals surface area (Å²) in [6.07, 6.45) is 3.43. The Morgan fingerprint density at radius 3 is 2.79 bits per heavy atom. The van der Waals surface area contributed by atoms with Crippen LogP contribution >= 0.6 is 12.4 Å². The zero-order valence-corrected chi connectivity index (χ0v) is 16.5. The normalized spacial score (nSPS) is 14.6. The molecule has 2 aromatic heterocycles. The average Bonchev–Trinajstić information content (AvgIpc) is 3.11. The summed E-state index contributed by atoms with van der Waals surface area (Å²) in [7, 11) is 0. The van der Waals surface area contributed by atoms with Gasteiger partial charge >= 0.3 is 0 Å². The average molecular weight is 402 g/mol. The lowest BCUT2D eigenvalue weighted by molar-refractivity contribution is 0.0952. The number of hydrogen-bond donors (Lipinski definition) is 3. The van der Waals surface area contributed by atoms with Gasteiger partial charge in [0.2, 0.25) is 0 Å². The van der Waals surface area contributed by atoms with E-state index in [2.05, 4.69) is 20.7 Å². The second kappa shape index (κ2) is 8.58. The lowest BCUT2D eigenvalue weighted by Crippen LogP contribution is -2.29. The molecule has 1 amide bonds. The summed E-state index contributed by atoms with van der Waals surface area (Å²) in [5, 5.41) is 10.7. The number of halogens is 1. The second-order valence-electron chi connectivity index (χ2n) is 7.01. The number of carbonyl (C=O) groups excluding carboxylic acids is 1. The first-order valence-corrected chi connectivity index (χ1v) is 9.28. The predicted octanol–water partition coefficient (Wildman–Crippen LogP) is 2.15. The molecule has 3 N–H and O–H groups in total. The Balaban J connectivity index is 0.00000225. The Hall–Kier alpha value is -2.64.